The number of carbonyl (C=O) groups excluding carboxylic acids is 1. The molecule has 1 aliphatic heterocycles. The van der Waals surface area contributed by atoms with Crippen LogP contribution in [0.5, 0.6) is 5.75 Å². The van der Waals surface area contributed by atoms with Crippen LogP contribution in [-0.4, -0.2) is 34.5 Å². The molecule has 2 aromatic carbocycles. The molecule has 1 amide bonds. The molecule has 136 valence electrons. The van der Waals surface area contributed by atoms with Crippen LogP contribution in [0.3, 0.4) is 0 Å². The Balaban J connectivity index is 1.70. The van der Waals surface area contributed by atoms with Crippen LogP contribution in [-0.2, 0) is 4.79 Å². The maximum absolute atomic E-state index is 12.5. The Morgan fingerprint density at radius 1 is 1.08 bits per heavy atom. The molecule has 2 aromatic rings. The molecule has 1 aliphatic rings. The van der Waals surface area contributed by atoms with Gasteiger partial charge in [0.15, 0.2) is 0 Å². The molecule has 0 spiro atoms. The fourth-order valence-corrected chi connectivity index (χ4v) is 3.50. The molecule has 0 bridgehead atoms. The number of likely N-dealkylation sites (tertiary alicyclic amines) is 1. The van der Waals surface area contributed by atoms with Crippen molar-refractivity contribution in [1.29, 1.82) is 0 Å². The van der Waals surface area contributed by atoms with Crippen molar-refractivity contribution in [3.63, 3.8) is 0 Å². The zero-order chi connectivity index (χ0) is 18.5. The third kappa shape index (κ3) is 3.87. The number of rotatable bonds is 6. The molecule has 1 heterocycles. The van der Waals surface area contributed by atoms with Gasteiger partial charge >= 0.3 is 5.97 Å². The van der Waals surface area contributed by atoms with Gasteiger partial charge in [-0.25, -0.2) is 4.79 Å². The number of nitrogens with zero attached hydrogens (tertiary/aromatic N) is 1. The first kappa shape index (κ1) is 18.0. The van der Waals surface area contributed by atoms with Gasteiger partial charge in [0.2, 0.25) is 5.91 Å². The summed E-state index contributed by atoms with van der Waals surface area (Å²) in [6, 6.07) is 16.6. The maximum Gasteiger partial charge on any atom is 0.335 e. The molecule has 1 N–H and O–H groups in total. The highest BCUT2D eigenvalue weighted by atomic mass is 16.5. The van der Waals surface area contributed by atoms with Crippen LogP contribution in [0.1, 0.15) is 48.1 Å². The van der Waals surface area contributed by atoms with E-state index in [2.05, 4.69) is 12.1 Å². The van der Waals surface area contributed by atoms with Crippen molar-refractivity contribution in [3.8, 4) is 5.75 Å². The molecule has 0 unspecified atom stereocenters. The van der Waals surface area contributed by atoms with E-state index in [1.165, 1.54) is 12.1 Å². The van der Waals surface area contributed by atoms with Crippen molar-refractivity contribution in [1.82, 2.24) is 4.90 Å². The van der Waals surface area contributed by atoms with Gasteiger partial charge in [-0.3, -0.25) is 4.79 Å². The number of amides is 1. The lowest BCUT2D eigenvalue weighted by Gasteiger charge is -2.30. The summed E-state index contributed by atoms with van der Waals surface area (Å²) in [6.07, 6.45) is 2.27. The van der Waals surface area contributed by atoms with Gasteiger partial charge in [0, 0.05) is 6.42 Å². The first-order chi connectivity index (χ1) is 12.6. The summed E-state index contributed by atoms with van der Waals surface area (Å²) in [5.74, 6) is -0.217. The van der Waals surface area contributed by atoms with E-state index in [1.54, 1.807) is 12.1 Å². The molecule has 0 aliphatic carbocycles. The molecule has 5 heteroatoms. The molecule has 3 rings (SSSR count). The largest absolute Gasteiger partial charge is 0.491 e. The number of hydrogen-bond acceptors (Lipinski definition) is 3. The quantitative estimate of drug-likeness (QED) is 0.855. The fraction of sp³-hybridized carbons (Fsp3) is 0.333. The highest BCUT2D eigenvalue weighted by Crippen LogP contribution is 2.36. The third-order valence-electron chi connectivity index (χ3n) is 4.82. The Hall–Kier alpha value is -2.82. The summed E-state index contributed by atoms with van der Waals surface area (Å²) in [5.41, 5.74) is 1.38. The summed E-state index contributed by atoms with van der Waals surface area (Å²) in [5, 5.41) is 8.95. The van der Waals surface area contributed by atoms with Crippen LogP contribution in [0, 0.1) is 0 Å². The van der Waals surface area contributed by atoms with Gasteiger partial charge in [-0.05, 0) is 42.7 Å². The minimum Gasteiger partial charge on any atom is -0.491 e. The van der Waals surface area contributed by atoms with Gasteiger partial charge in [-0.2, -0.15) is 0 Å². The first-order valence-corrected chi connectivity index (χ1v) is 8.92. The summed E-state index contributed by atoms with van der Waals surface area (Å²) >= 11 is 0. The normalized spacial score (nSPS) is 19.3. The second-order valence-electron chi connectivity index (χ2n) is 6.45. The molecular weight excluding hydrogens is 330 g/mol. The van der Waals surface area contributed by atoms with E-state index in [1.807, 2.05) is 30.0 Å². The summed E-state index contributed by atoms with van der Waals surface area (Å²) in [6.45, 7) is 2.28. The van der Waals surface area contributed by atoms with Crippen molar-refractivity contribution in [2.24, 2.45) is 0 Å². The lowest BCUT2D eigenvalue weighted by atomic mass is 10.0. The van der Waals surface area contributed by atoms with Gasteiger partial charge in [-0.15, -0.1) is 0 Å². The van der Waals surface area contributed by atoms with Gasteiger partial charge in [0.05, 0.1) is 17.6 Å². The number of carboxylic acid groups (broad SMARTS) is 1. The van der Waals surface area contributed by atoms with Crippen LogP contribution >= 0.6 is 0 Å². The zero-order valence-corrected chi connectivity index (χ0v) is 14.8. The molecule has 5 nitrogen and oxygen atoms in total. The number of hydrogen-bond donors (Lipinski definition) is 1. The highest BCUT2D eigenvalue weighted by molar-refractivity contribution is 5.87. The smallest absolute Gasteiger partial charge is 0.335 e. The van der Waals surface area contributed by atoms with Crippen molar-refractivity contribution in [2.45, 2.75) is 38.3 Å². The number of benzene rings is 2. The molecule has 0 aromatic heterocycles. The molecule has 0 radical (unpaired) electrons. The number of aromatic carboxylic acids is 1. The second-order valence-corrected chi connectivity index (χ2v) is 6.45. The molecule has 2 atom stereocenters. The molecular formula is C21H23NO4. The van der Waals surface area contributed by atoms with Crippen molar-refractivity contribution < 1.29 is 19.4 Å². The minimum atomic E-state index is -0.960. The Bertz CT molecular complexity index is 757. The standard InChI is InChI=1S/C21H23NO4/c1-2-20(23)22-17(10-13-19(22)15-6-4-3-5-7-15)14-26-18-11-8-16(9-12-18)21(24)25/h3-9,11-12,17,19H,2,10,13-14H2,1H3,(H,24,25)/t17-,19+/m0/s1. The van der Waals surface area contributed by atoms with E-state index >= 15 is 0 Å². The van der Waals surface area contributed by atoms with Crippen molar-refractivity contribution in [3.05, 3.63) is 65.7 Å². The highest BCUT2D eigenvalue weighted by Gasteiger charge is 2.37. The third-order valence-corrected chi connectivity index (χ3v) is 4.82. The van der Waals surface area contributed by atoms with E-state index in [0.29, 0.717) is 18.8 Å². The Morgan fingerprint density at radius 3 is 2.38 bits per heavy atom. The molecule has 0 saturated carbocycles. The predicted octanol–water partition coefficient (Wildman–Crippen LogP) is 3.91. The zero-order valence-electron chi connectivity index (χ0n) is 14.8. The van der Waals surface area contributed by atoms with Crippen LogP contribution in [0.25, 0.3) is 0 Å². The minimum absolute atomic E-state index is 0.0202. The van der Waals surface area contributed by atoms with Crippen LogP contribution in [0.4, 0.5) is 0 Å². The summed E-state index contributed by atoms with van der Waals surface area (Å²) in [7, 11) is 0. The van der Waals surface area contributed by atoms with E-state index in [9.17, 15) is 9.59 Å². The lowest BCUT2D eigenvalue weighted by molar-refractivity contribution is -0.134. The van der Waals surface area contributed by atoms with Crippen LogP contribution in [0.15, 0.2) is 54.6 Å². The number of carboxylic acids is 1. The van der Waals surface area contributed by atoms with E-state index in [4.69, 9.17) is 9.84 Å². The number of carbonyl (C=O) groups is 2. The van der Waals surface area contributed by atoms with E-state index in [0.717, 1.165) is 18.4 Å². The van der Waals surface area contributed by atoms with Gasteiger partial charge in [0.1, 0.15) is 12.4 Å². The Kier molecular flexibility index (Phi) is 5.56. The topological polar surface area (TPSA) is 66.8 Å². The average Bonchev–Trinajstić information content (AvgIpc) is 3.10. The van der Waals surface area contributed by atoms with Crippen LogP contribution < -0.4 is 4.74 Å². The Morgan fingerprint density at radius 2 is 1.77 bits per heavy atom. The van der Waals surface area contributed by atoms with Gasteiger partial charge in [-0.1, -0.05) is 37.3 Å². The monoisotopic (exact) mass is 353 g/mol. The second kappa shape index (κ2) is 8.04. The molecule has 1 saturated heterocycles. The Labute approximate surface area is 153 Å². The van der Waals surface area contributed by atoms with E-state index in [-0.39, 0.29) is 23.6 Å². The average molecular weight is 353 g/mol. The maximum atomic E-state index is 12.5. The summed E-state index contributed by atoms with van der Waals surface area (Å²) < 4.78 is 5.85. The van der Waals surface area contributed by atoms with Crippen LogP contribution in [0.2, 0.25) is 0 Å². The van der Waals surface area contributed by atoms with E-state index < -0.39 is 5.97 Å². The van der Waals surface area contributed by atoms with Gasteiger partial charge < -0.3 is 14.7 Å². The van der Waals surface area contributed by atoms with Crippen molar-refractivity contribution in [2.75, 3.05) is 6.61 Å². The fourth-order valence-electron chi connectivity index (χ4n) is 3.50. The molecule has 1 fully saturated rings. The molecule has 26 heavy (non-hydrogen) atoms. The first-order valence-electron chi connectivity index (χ1n) is 8.92. The number of ether oxygens (including phenoxy) is 1. The predicted molar refractivity (Wildman–Crippen MR) is 98.2 cm³/mol. The van der Waals surface area contributed by atoms with Gasteiger partial charge in [0.25, 0.3) is 0 Å². The SMILES string of the molecule is CCC(=O)N1[C@H](COc2ccc(C(=O)O)cc2)CC[C@@H]1c1ccccc1. The lowest BCUT2D eigenvalue weighted by Crippen LogP contribution is -2.40. The summed E-state index contributed by atoms with van der Waals surface area (Å²) in [4.78, 5) is 25.4. The van der Waals surface area contributed by atoms with Crippen molar-refractivity contribution >= 4 is 11.9 Å².